The summed E-state index contributed by atoms with van der Waals surface area (Å²) >= 11 is 0. The third kappa shape index (κ3) is 11.0. The normalized spacial score (nSPS) is 13.0. The summed E-state index contributed by atoms with van der Waals surface area (Å²) in [5, 5.41) is 2.96. The van der Waals surface area contributed by atoms with E-state index >= 15 is 0 Å². The van der Waals surface area contributed by atoms with Crippen LogP contribution < -0.4 is 10.1 Å². The summed E-state index contributed by atoms with van der Waals surface area (Å²) in [6.45, 7) is 16.0. The molecule has 1 aromatic rings. The molecule has 28 heavy (non-hydrogen) atoms. The Balaban J connectivity index is 2.50. The molecule has 0 aliphatic rings. The fourth-order valence-corrected chi connectivity index (χ4v) is 15.5. The monoisotopic (exact) mass is 439 g/mol. The van der Waals surface area contributed by atoms with Gasteiger partial charge in [0.05, 0.1) is 7.11 Å². The lowest BCUT2D eigenvalue weighted by Crippen LogP contribution is -2.52. The van der Waals surface area contributed by atoms with E-state index < -0.39 is 25.2 Å². The molecule has 0 aliphatic heterocycles. The van der Waals surface area contributed by atoms with E-state index in [0.29, 0.717) is 6.54 Å². The molecule has 8 heteroatoms. The third-order valence-corrected chi connectivity index (χ3v) is 13.3. The Morgan fingerprint density at radius 1 is 0.964 bits per heavy atom. The van der Waals surface area contributed by atoms with Crippen LogP contribution in [0.3, 0.4) is 0 Å². The zero-order valence-corrected chi connectivity index (χ0v) is 21.7. The van der Waals surface area contributed by atoms with E-state index in [1.165, 1.54) is 0 Å². The highest BCUT2D eigenvalue weighted by Gasteiger charge is 2.39. The van der Waals surface area contributed by atoms with Gasteiger partial charge in [-0.15, -0.1) is 0 Å². The lowest BCUT2D eigenvalue weighted by Gasteiger charge is -2.38. The number of methoxy groups -OCH3 is 1. The zero-order chi connectivity index (χ0) is 21.4. The molecule has 0 unspecified atom stereocenters. The Kier molecular flexibility index (Phi) is 9.35. The Labute approximate surface area is 174 Å². The molecule has 0 bridgehead atoms. The van der Waals surface area contributed by atoms with Crippen molar-refractivity contribution in [2.45, 2.75) is 58.3 Å². The Hall–Kier alpha value is -1.20. The number of benzene rings is 1. The Morgan fingerprint density at radius 3 is 1.96 bits per heavy atom. The predicted octanol–water partition coefficient (Wildman–Crippen LogP) is 4.99. The number of carbonyl (C=O) groups is 1. The second kappa shape index (κ2) is 10.5. The van der Waals surface area contributed by atoms with Gasteiger partial charge in [-0.2, -0.15) is 0 Å². The maximum absolute atomic E-state index is 12.1. The topological polar surface area (TPSA) is 56.8 Å². The molecule has 0 spiro atoms. The minimum absolute atomic E-state index is 0.0867. The number of hydrogen-bond donors (Lipinski definition) is 1. The molecular formula is C20H37NO4Si3. The number of nitrogens with one attached hydrogen (secondary N) is 1. The van der Waals surface area contributed by atoms with Crippen LogP contribution in [0.2, 0.25) is 51.9 Å². The van der Waals surface area contributed by atoms with Gasteiger partial charge in [0, 0.05) is 12.6 Å². The summed E-state index contributed by atoms with van der Waals surface area (Å²) < 4.78 is 18.1. The first-order chi connectivity index (χ1) is 12.8. The lowest BCUT2D eigenvalue weighted by molar-refractivity contribution is -0.116. The van der Waals surface area contributed by atoms with Crippen molar-refractivity contribution in [3.63, 3.8) is 0 Å². The quantitative estimate of drug-likeness (QED) is 0.300. The van der Waals surface area contributed by atoms with Crippen LogP contribution >= 0.6 is 0 Å². The lowest BCUT2D eigenvalue weighted by atomic mass is 10.2. The molecule has 0 aliphatic carbocycles. The molecule has 1 rings (SSSR count). The highest BCUT2D eigenvalue weighted by atomic mass is 28.5. The van der Waals surface area contributed by atoms with E-state index in [9.17, 15) is 4.79 Å². The minimum atomic E-state index is -2.23. The number of amides is 1. The van der Waals surface area contributed by atoms with Crippen molar-refractivity contribution in [3.8, 4) is 5.75 Å². The van der Waals surface area contributed by atoms with Crippen LogP contribution in [0.15, 0.2) is 30.3 Å². The van der Waals surface area contributed by atoms with Crippen molar-refractivity contribution in [2.24, 2.45) is 0 Å². The van der Waals surface area contributed by atoms with Gasteiger partial charge >= 0.3 is 8.56 Å². The summed E-state index contributed by atoms with van der Waals surface area (Å²) in [5.41, 5.74) is 0.961. The highest BCUT2D eigenvalue weighted by molar-refractivity contribution is 6.87. The van der Waals surface area contributed by atoms with E-state index in [1.807, 2.05) is 24.3 Å². The molecule has 0 atom stereocenters. The molecule has 0 heterocycles. The SMILES string of the molecule is COc1ccc(/C=C/C(=O)NCCC[Si](C)(O[Si](C)(C)C)O[Si](C)(C)C)cc1. The molecule has 5 nitrogen and oxygen atoms in total. The van der Waals surface area contributed by atoms with Crippen molar-refractivity contribution >= 4 is 37.2 Å². The van der Waals surface area contributed by atoms with E-state index in [2.05, 4.69) is 51.1 Å². The van der Waals surface area contributed by atoms with E-state index in [1.54, 1.807) is 19.3 Å². The third-order valence-electron chi connectivity index (χ3n) is 3.69. The first-order valence-corrected chi connectivity index (χ1v) is 19.2. The first-order valence-electron chi connectivity index (χ1n) is 9.82. The first kappa shape index (κ1) is 24.8. The molecule has 1 aromatic carbocycles. The molecule has 1 amide bonds. The number of carbonyl (C=O) groups excluding carboxylic acids is 1. The van der Waals surface area contributed by atoms with Crippen LogP contribution in [0.1, 0.15) is 12.0 Å². The van der Waals surface area contributed by atoms with Gasteiger partial charge in [-0.3, -0.25) is 4.79 Å². The highest BCUT2D eigenvalue weighted by Crippen LogP contribution is 2.25. The Morgan fingerprint density at radius 2 is 1.50 bits per heavy atom. The maximum Gasteiger partial charge on any atom is 0.314 e. The second-order valence-electron chi connectivity index (χ2n) is 9.06. The number of hydrogen-bond acceptors (Lipinski definition) is 4. The molecule has 0 aromatic heterocycles. The number of rotatable bonds is 11. The molecule has 0 radical (unpaired) electrons. The minimum Gasteiger partial charge on any atom is -0.497 e. The van der Waals surface area contributed by atoms with Gasteiger partial charge in [0.2, 0.25) is 5.91 Å². The summed E-state index contributed by atoms with van der Waals surface area (Å²) in [6.07, 6.45) is 4.23. The average Bonchev–Trinajstić information content (AvgIpc) is 2.54. The van der Waals surface area contributed by atoms with Crippen LogP contribution in [0.5, 0.6) is 5.75 Å². The fraction of sp³-hybridized carbons (Fsp3) is 0.550. The summed E-state index contributed by atoms with van der Waals surface area (Å²) in [6, 6.07) is 8.48. The molecule has 0 saturated carbocycles. The zero-order valence-electron chi connectivity index (χ0n) is 18.7. The smallest absolute Gasteiger partial charge is 0.314 e. The molecular weight excluding hydrogens is 402 g/mol. The Bertz CT molecular complexity index is 633. The van der Waals surface area contributed by atoms with Gasteiger partial charge in [0.15, 0.2) is 16.6 Å². The van der Waals surface area contributed by atoms with Gasteiger partial charge in [-0.25, -0.2) is 0 Å². The van der Waals surface area contributed by atoms with Crippen LogP contribution in [0, 0.1) is 0 Å². The summed E-state index contributed by atoms with van der Waals surface area (Å²) in [7, 11) is -3.96. The molecule has 0 saturated heterocycles. The molecule has 1 N–H and O–H groups in total. The van der Waals surface area contributed by atoms with Crippen molar-refractivity contribution in [1.82, 2.24) is 5.32 Å². The van der Waals surface area contributed by atoms with Gasteiger partial charge in [0.25, 0.3) is 0 Å². The molecule has 0 fully saturated rings. The van der Waals surface area contributed by atoms with Crippen LogP contribution in [0.25, 0.3) is 6.08 Å². The van der Waals surface area contributed by atoms with E-state index in [0.717, 1.165) is 23.8 Å². The van der Waals surface area contributed by atoms with Gasteiger partial charge in [-0.1, -0.05) is 12.1 Å². The van der Waals surface area contributed by atoms with Crippen LogP contribution in [-0.2, 0) is 13.0 Å². The molecule has 158 valence electrons. The van der Waals surface area contributed by atoms with Crippen molar-refractivity contribution in [3.05, 3.63) is 35.9 Å². The van der Waals surface area contributed by atoms with Crippen molar-refractivity contribution < 1.29 is 17.8 Å². The summed E-state index contributed by atoms with van der Waals surface area (Å²) in [4.78, 5) is 12.1. The van der Waals surface area contributed by atoms with Crippen LogP contribution in [-0.4, -0.2) is 44.8 Å². The van der Waals surface area contributed by atoms with E-state index in [-0.39, 0.29) is 5.91 Å². The predicted molar refractivity (Wildman–Crippen MR) is 125 cm³/mol. The van der Waals surface area contributed by atoms with E-state index in [4.69, 9.17) is 13.0 Å². The van der Waals surface area contributed by atoms with Crippen molar-refractivity contribution in [1.29, 1.82) is 0 Å². The van der Waals surface area contributed by atoms with Gasteiger partial charge < -0.3 is 18.3 Å². The largest absolute Gasteiger partial charge is 0.497 e. The number of ether oxygens (including phenoxy) is 1. The van der Waals surface area contributed by atoms with Gasteiger partial charge in [-0.05, 0) is 82.1 Å². The van der Waals surface area contributed by atoms with Gasteiger partial charge in [0.1, 0.15) is 5.75 Å². The van der Waals surface area contributed by atoms with Crippen molar-refractivity contribution in [2.75, 3.05) is 13.7 Å². The maximum atomic E-state index is 12.1. The standard InChI is InChI=1S/C20H37NO4Si3/c1-23-19-13-10-18(11-14-19)12-15-20(22)21-16-9-17-28(8,24-26(2,3)4)25-27(5,6)7/h10-15H,9,16-17H2,1-8H3,(H,21,22)/b15-12+. The second-order valence-corrected chi connectivity index (χ2v) is 21.9. The fourth-order valence-electron chi connectivity index (χ4n) is 2.99. The van der Waals surface area contributed by atoms with Crippen LogP contribution in [0.4, 0.5) is 0 Å². The average molecular weight is 440 g/mol. The summed E-state index contributed by atoms with van der Waals surface area (Å²) in [5.74, 6) is 0.714.